The van der Waals surface area contributed by atoms with E-state index in [1.807, 2.05) is 42.5 Å². The minimum Gasteiger partial charge on any atom is -0.466 e. The molecule has 2 aromatic heterocycles. The number of aromatic nitrogens is 3. The van der Waals surface area contributed by atoms with E-state index in [-0.39, 0.29) is 37.2 Å². The number of hydrogen-bond donors (Lipinski definition) is 2. The number of benzene rings is 3. The Hall–Kier alpha value is -4.51. The van der Waals surface area contributed by atoms with Crippen LogP contribution in [0.2, 0.25) is 0 Å². The lowest BCUT2D eigenvalue weighted by molar-refractivity contribution is -0.148. The second-order valence-corrected chi connectivity index (χ2v) is 10.6. The number of aromatic amines is 1. The third kappa shape index (κ3) is 5.85. The SMILES string of the molecule is CCOC(=O)CC[C@@H](C(=O)OCC)n1sc2cc(NCc3ccc4ccc5nc(C)[nH]c(=O)c5c4c3)ccc2c1=O. The molecule has 0 aliphatic heterocycles. The Balaban J connectivity index is 1.40. The number of H-pyrrole nitrogens is 1. The van der Waals surface area contributed by atoms with Crippen LogP contribution in [0.4, 0.5) is 5.69 Å². The van der Waals surface area contributed by atoms with Crippen LogP contribution in [-0.2, 0) is 25.6 Å². The third-order valence-corrected chi connectivity index (χ3v) is 7.90. The summed E-state index contributed by atoms with van der Waals surface area (Å²) in [6.07, 6.45) is 0.0947. The quantitative estimate of drug-likeness (QED) is 0.179. The average molecular weight is 575 g/mol. The van der Waals surface area contributed by atoms with Crippen LogP contribution in [0.1, 0.15) is 44.1 Å². The molecule has 0 saturated heterocycles. The first kappa shape index (κ1) is 28.0. The summed E-state index contributed by atoms with van der Waals surface area (Å²) in [6, 6.07) is 14.2. The zero-order chi connectivity index (χ0) is 29.1. The van der Waals surface area contributed by atoms with Crippen LogP contribution < -0.4 is 16.4 Å². The van der Waals surface area contributed by atoms with Crippen molar-refractivity contribution in [2.75, 3.05) is 18.5 Å². The van der Waals surface area contributed by atoms with Crippen molar-refractivity contribution >= 4 is 60.9 Å². The van der Waals surface area contributed by atoms with Gasteiger partial charge in [-0.2, -0.15) is 0 Å². The molecule has 0 aliphatic carbocycles. The van der Waals surface area contributed by atoms with Crippen LogP contribution in [0, 0.1) is 6.92 Å². The number of esters is 2. The Morgan fingerprint density at radius 3 is 2.59 bits per heavy atom. The van der Waals surface area contributed by atoms with E-state index in [9.17, 15) is 19.2 Å². The highest BCUT2D eigenvalue weighted by atomic mass is 32.1. The summed E-state index contributed by atoms with van der Waals surface area (Å²) in [6.45, 7) is 6.05. The van der Waals surface area contributed by atoms with Gasteiger partial charge in [0, 0.05) is 18.7 Å². The number of fused-ring (bicyclic) bond motifs is 4. The number of carbonyl (C=O) groups is 2. The van der Waals surface area contributed by atoms with E-state index in [1.165, 1.54) is 3.96 Å². The van der Waals surface area contributed by atoms with Crippen molar-refractivity contribution in [3.63, 3.8) is 0 Å². The van der Waals surface area contributed by atoms with Gasteiger partial charge in [-0.1, -0.05) is 29.7 Å². The number of carbonyl (C=O) groups excluding carboxylic acids is 2. The van der Waals surface area contributed by atoms with Crippen LogP contribution in [0.15, 0.2) is 58.1 Å². The monoisotopic (exact) mass is 574 g/mol. The fraction of sp³-hybridized carbons (Fsp3) is 0.300. The zero-order valence-corrected chi connectivity index (χ0v) is 23.8. The summed E-state index contributed by atoms with van der Waals surface area (Å²) in [5.41, 5.74) is 1.93. The maximum atomic E-state index is 13.2. The molecule has 0 radical (unpaired) electrons. The number of aryl methyl sites for hydroxylation is 1. The molecular formula is C30H30N4O6S. The number of nitrogens with one attached hydrogen (secondary N) is 2. The van der Waals surface area contributed by atoms with Crippen molar-refractivity contribution in [1.82, 2.24) is 13.9 Å². The Labute approximate surface area is 239 Å². The first-order valence-electron chi connectivity index (χ1n) is 13.4. The zero-order valence-electron chi connectivity index (χ0n) is 23.0. The van der Waals surface area contributed by atoms with Gasteiger partial charge in [-0.05, 0) is 73.9 Å². The second-order valence-electron chi connectivity index (χ2n) is 9.56. The van der Waals surface area contributed by atoms with Crippen LogP contribution in [-0.4, -0.2) is 39.1 Å². The predicted molar refractivity (Wildman–Crippen MR) is 160 cm³/mol. The number of hydrogen-bond acceptors (Lipinski definition) is 9. The lowest BCUT2D eigenvalue weighted by Gasteiger charge is -2.15. The van der Waals surface area contributed by atoms with Gasteiger partial charge >= 0.3 is 11.9 Å². The van der Waals surface area contributed by atoms with Gasteiger partial charge in [0.25, 0.3) is 11.1 Å². The highest BCUT2D eigenvalue weighted by Crippen LogP contribution is 2.27. The van der Waals surface area contributed by atoms with Crippen molar-refractivity contribution in [2.24, 2.45) is 0 Å². The molecule has 212 valence electrons. The number of anilines is 1. The smallest absolute Gasteiger partial charge is 0.330 e. The molecule has 0 bridgehead atoms. The Morgan fingerprint density at radius 1 is 1.02 bits per heavy atom. The molecular weight excluding hydrogens is 544 g/mol. The lowest BCUT2D eigenvalue weighted by atomic mass is 10.0. The molecule has 5 aromatic rings. The highest BCUT2D eigenvalue weighted by molar-refractivity contribution is 7.14. The molecule has 0 unspecified atom stereocenters. The summed E-state index contributed by atoms with van der Waals surface area (Å²) >= 11 is 1.16. The van der Waals surface area contributed by atoms with Gasteiger partial charge in [0.2, 0.25) is 0 Å². The summed E-state index contributed by atoms with van der Waals surface area (Å²) in [5.74, 6) is -0.421. The maximum absolute atomic E-state index is 13.2. The molecule has 3 aromatic carbocycles. The molecule has 0 aliphatic rings. The van der Waals surface area contributed by atoms with Crippen molar-refractivity contribution in [3.05, 3.63) is 80.6 Å². The highest BCUT2D eigenvalue weighted by Gasteiger charge is 2.27. The minimum atomic E-state index is -0.922. The van der Waals surface area contributed by atoms with Crippen LogP contribution >= 0.6 is 11.5 Å². The van der Waals surface area contributed by atoms with E-state index in [4.69, 9.17) is 9.47 Å². The number of rotatable bonds is 10. The Bertz CT molecular complexity index is 1890. The molecule has 0 fully saturated rings. The molecule has 0 saturated carbocycles. The topological polar surface area (TPSA) is 132 Å². The summed E-state index contributed by atoms with van der Waals surface area (Å²) in [7, 11) is 0. The lowest BCUT2D eigenvalue weighted by Crippen LogP contribution is -2.28. The van der Waals surface area contributed by atoms with Gasteiger partial charge < -0.3 is 19.8 Å². The van der Waals surface area contributed by atoms with Gasteiger partial charge in [0.05, 0.1) is 34.2 Å². The van der Waals surface area contributed by atoms with Gasteiger partial charge in [-0.25, -0.2) is 13.7 Å². The standard InChI is InChI=1S/C30H30N4O6S/c1-4-39-26(35)13-12-24(30(38)40-5-2)34-29(37)21-10-9-20(15-25(21)41-34)31-16-18-6-7-19-8-11-23-27(22(19)14-18)28(36)33-17(3)32-23/h6-11,14-15,24,31H,4-5,12-13,16H2,1-3H3,(H,32,33,36)/t24-/m0/s1. The van der Waals surface area contributed by atoms with E-state index in [0.717, 1.165) is 33.6 Å². The number of ether oxygens (including phenoxy) is 2. The van der Waals surface area contributed by atoms with Gasteiger partial charge in [-0.15, -0.1) is 0 Å². The fourth-order valence-corrected chi connectivity index (χ4v) is 5.99. The first-order chi connectivity index (χ1) is 19.8. The minimum absolute atomic E-state index is 0.00655. The molecule has 0 amide bonds. The van der Waals surface area contributed by atoms with E-state index < -0.39 is 18.0 Å². The average Bonchev–Trinajstić information content (AvgIpc) is 3.26. The van der Waals surface area contributed by atoms with Crippen molar-refractivity contribution < 1.29 is 19.1 Å². The molecule has 41 heavy (non-hydrogen) atoms. The predicted octanol–water partition coefficient (Wildman–Crippen LogP) is 4.82. The van der Waals surface area contributed by atoms with Crippen molar-refractivity contribution in [3.8, 4) is 0 Å². The summed E-state index contributed by atoms with van der Waals surface area (Å²) < 4.78 is 12.3. The molecule has 0 spiro atoms. The maximum Gasteiger partial charge on any atom is 0.330 e. The first-order valence-corrected chi connectivity index (χ1v) is 14.2. The molecule has 5 rings (SSSR count). The Kier molecular flexibility index (Phi) is 8.16. The van der Waals surface area contributed by atoms with E-state index in [0.29, 0.717) is 33.4 Å². The van der Waals surface area contributed by atoms with E-state index in [1.54, 1.807) is 26.8 Å². The fourth-order valence-electron chi connectivity index (χ4n) is 4.85. The molecule has 10 nitrogen and oxygen atoms in total. The summed E-state index contributed by atoms with van der Waals surface area (Å²) in [5, 5.41) is 6.20. The molecule has 2 N–H and O–H groups in total. The van der Waals surface area contributed by atoms with Gasteiger partial charge in [-0.3, -0.25) is 14.4 Å². The molecule has 11 heteroatoms. The third-order valence-electron chi connectivity index (χ3n) is 6.75. The normalized spacial score (nSPS) is 12.1. The van der Waals surface area contributed by atoms with E-state index in [2.05, 4.69) is 15.3 Å². The van der Waals surface area contributed by atoms with Crippen molar-refractivity contribution in [2.45, 2.75) is 46.2 Å². The van der Waals surface area contributed by atoms with E-state index >= 15 is 0 Å². The summed E-state index contributed by atoms with van der Waals surface area (Å²) in [4.78, 5) is 57.8. The van der Waals surface area contributed by atoms with Gasteiger partial charge in [0.15, 0.2) is 0 Å². The van der Waals surface area contributed by atoms with Crippen LogP contribution in [0.5, 0.6) is 0 Å². The second kappa shape index (κ2) is 11.9. The molecule has 1 atom stereocenters. The van der Waals surface area contributed by atoms with Crippen molar-refractivity contribution in [1.29, 1.82) is 0 Å². The van der Waals surface area contributed by atoms with Gasteiger partial charge in [0.1, 0.15) is 11.9 Å². The van der Waals surface area contributed by atoms with Crippen LogP contribution in [0.25, 0.3) is 31.8 Å². The van der Waals surface area contributed by atoms with Crippen LogP contribution in [0.3, 0.4) is 0 Å². The largest absolute Gasteiger partial charge is 0.466 e. The Morgan fingerprint density at radius 2 is 1.80 bits per heavy atom. The molecule has 2 heterocycles. The number of nitrogens with zero attached hydrogens (tertiary/aromatic N) is 2.